The van der Waals surface area contributed by atoms with Gasteiger partial charge in [-0.1, -0.05) is 15.9 Å². The van der Waals surface area contributed by atoms with Crippen LogP contribution in [0.2, 0.25) is 0 Å². The third-order valence-electron chi connectivity index (χ3n) is 3.48. The standard InChI is InChI=1S/C16H14BrNO3/c1-20-14-3-2-9(7-13(14)18)15(19)12-8-11(17)6-10-4-5-21-16(10)12/h2-3,6-8H,4-5,18H2,1H3. The van der Waals surface area contributed by atoms with E-state index < -0.39 is 0 Å². The topological polar surface area (TPSA) is 61.5 Å². The van der Waals surface area contributed by atoms with Crippen LogP contribution < -0.4 is 15.2 Å². The minimum atomic E-state index is -0.108. The first-order valence-corrected chi connectivity index (χ1v) is 7.33. The minimum absolute atomic E-state index is 0.108. The van der Waals surface area contributed by atoms with Crippen LogP contribution in [-0.2, 0) is 6.42 Å². The lowest BCUT2D eigenvalue weighted by molar-refractivity contribution is 0.103. The van der Waals surface area contributed by atoms with Gasteiger partial charge >= 0.3 is 0 Å². The van der Waals surface area contributed by atoms with Gasteiger partial charge in [0.2, 0.25) is 0 Å². The summed E-state index contributed by atoms with van der Waals surface area (Å²) in [5.74, 6) is 1.13. The molecule has 1 heterocycles. The summed E-state index contributed by atoms with van der Waals surface area (Å²) >= 11 is 3.44. The highest BCUT2D eigenvalue weighted by molar-refractivity contribution is 9.10. The normalized spacial score (nSPS) is 12.7. The molecule has 0 atom stereocenters. The molecule has 21 heavy (non-hydrogen) atoms. The molecule has 5 heteroatoms. The van der Waals surface area contributed by atoms with Crippen molar-refractivity contribution in [2.45, 2.75) is 6.42 Å². The summed E-state index contributed by atoms with van der Waals surface area (Å²) in [6.45, 7) is 0.608. The van der Waals surface area contributed by atoms with Gasteiger partial charge in [0.25, 0.3) is 0 Å². The molecule has 0 radical (unpaired) electrons. The van der Waals surface area contributed by atoms with Gasteiger partial charge in [0.15, 0.2) is 5.78 Å². The highest BCUT2D eigenvalue weighted by Crippen LogP contribution is 2.35. The van der Waals surface area contributed by atoms with Gasteiger partial charge in [-0.25, -0.2) is 0 Å². The van der Waals surface area contributed by atoms with Crippen LogP contribution in [0.3, 0.4) is 0 Å². The number of nitrogen functional groups attached to an aromatic ring is 1. The number of rotatable bonds is 3. The smallest absolute Gasteiger partial charge is 0.196 e. The molecule has 2 aromatic carbocycles. The van der Waals surface area contributed by atoms with Gasteiger partial charge < -0.3 is 15.2 Å². The van der Waals surface area contributed by atoms with Crippen molar-refractivity contribution >= 4 is 27.4 Å². The van der Waals surface area contributed by atoms with Crippen molar-refractivity contribution in [2.75, 3.05) is 19.5 Å². The van der Waals surface area contributed by atoms with Crippen molar-refractivity contribution in [1.82, 2.24) is 0 Å². The molecule has 0 aliphatic carbocycles. The van der Waals surface area contributed by atoms with Gasteiger partial charge in [-0.05, 0) is 35.9 Å². The Morgan fingerprint density at radius 3 is 2.86 bits per heavy atom. The predicted molar refractivity (Wildman–Crippen MR) is 84.2 cm³/mol. The average molecular weight is 348 g/mol. The van der Waals surface area contributed by atoms with E-state index in [1.807, 2.05) is 6.07 Å². The van der Waals surface area contributed by atoms with Gasteiger partial charge in [-0.15, -0.1) is 0 Å². The second-order valence-electron chi connectivity index (χ2n) is 4.83. The summed E-state index contributed by atoms with van der Waals surface area (Å²) < 4.78 is 11.6. The molecule has 1 aliphatic rings. The highest BCUT2D eigenvalue weighted by Gasteiger charge is 2.23. The summed E-state index contributed by atoms with van der Waals surface area (Å²) in [5.41, 5.74) is 8.44. The van der Waals surface area contributed by atoms with Crippen molar-refractivity contribution in [3.8, 4) is 11.5 Å². The number of methoxy groups -OCH3 is 1. The predicted octanol–water partition coefficient (Wildman–Crippen LogP) is 3.21. The molecule has 0 saturated heterocycles. The molecular weight excluding hydrogens is 334 g/mol. The molecule has 0 unspecified atom stereocenters. The quantitative estimate of drug-likeness (QED) is 0.684. The molecule has 0 aromatic heterocycles. The molecule has 108 valence electrons. The van der Waals surface area contributed by atoms with E-state index in [1.54, 1.807) is 31.4 Å². The Labute approximate surface area is 131 Å². The maximum atomic E-state index is 12.7. The summed E-state index contributed by atoms with van der Waals surface area (Å²) in [6, 6.07) is 8.80. The zero-order chi connectivity index (χ0) is 15.0. The Morgan fingerprint density at radius 2 is 2.14 bits per heavy atom. The Morgan fingerprint density at radius 1 is 1.33 bits per heavy atom. The van der Waals surface area contributed by atoms with Gasteiger partial charge in [-0.2, -0.15) is 0 Å². The van der Waals surface area contributed by atoms with E-state index in [2.05, 4.69) is 15.9 Å². The van der Waals surface area contributed by atoms with Crippen molar-refractivity contribution < 1.29 is 14.3 Å². The number of hydrogen-bond donors (Lipinski definition) is 1. The number of carbonyl (C=O) groups excluding carboxylic acids is 1. The SMILES string of the molecule is COc1ccc(C(=O)c2cc(Br)cc3c2OCC3)cc1N. The van der Waals surface area contributed by atoms with E-state index in [0.29, 0.717) is 34.9 Å². The zero-order valence-electron chi connectivity index (χ0n) is 11.5. The fourth-order valence-corrected chi connectivity index (χ4v) is 2.97. The second kappa shape index (κ2) is 5.41. The maximum absolute atomic E-state index is 12.7. The third-order valence-corrected chi connectivity index (χ3v) is 3.94. The number of ketones is 1. The number of halogens is 1. The number of hydrogen-bond acceptors (Lipinski definition) is 4. The average Bonchev–Trinajstić information content (AvgIpc) is 2.93. The number of nitrogens with two attached hydrogens (primary N) is 1. The van der Waals surface area contributed by atoms with E-state index in [9.17, 15) is 4.79 Å². The van der Waals surface area contributed by atoms with Gasteiger partial charge in [0, 0.05) is 16.5 Å². The fraction of sp³-hybridized carbons (Fsp3) is 0.188. The Balaban J connectivity index is 2.05. The Hall–Kier alpha value is -2.01. The molecule has 0 saturated carbocycles. The molecule has 0 bridgehead atoms. The van der Waals surface area contributed by atoms with E-state index in [0.717, 1.165) is 16.5 Å². The van der Waals surface area contributed by atoms with E-state index >= 15 is 0 Å². The maximum Gasteiger partial charge on any atom is 0.196 e. The van der Waals surface area contributed by atoms with Crippen molar-refractivity contribution in [3.63, 3.8) is 0 Å². The molecular formula is C16H14BrNO3. The number of ether oxygens (including phenoxy) is 2. The first-order chi connectivity index (χ1) is 10.1. The van der Waals surface area contributed by atoms with E-state index in [4.69, 9.17) is 15.2 Å². The molecule has 2 N–H and O–H groups in total. The van der Waals surface area contributed by atoms with E-state index in [-0.39, 0.29) is 5.78 Å². The van der Waals surface area contributed by atoms with Crippen molar-refractivity contribution in [3.05, 3.63) is 51.5 Å². The summed E-state index contributed by atoms with van der Waals surface area (Å²) in [6.07, 6.45) is 0.819. The van der Waals surface area contributed by atoms with Crippen LogP contribution in [0, 0.1) is 0 Å². The van der Waals surface area contributed by atoms with Crippen molar-refractivity contribution in [1.29, 1.82) is 0 Å². The molecule has 1 aliphatic heterocycles. The molecule has 2 aromatic rings. The lowest BCUT2D eigenvalue weighted by Crippen LogP contribution is -2.05. The third kappa shape index (κ3) is 2.49. The molecule has 0 fully saturated rings. The van der Waals surface area contributed by atoms with Gasteiger partial charge in [-0.3, -0.25) is 4.79 Å². The van der Waals surface area contributed by atoms with Crippen molar-refractivity contribution in [2.24, 2.45) is 0 Å². The molecule has 0 spiro atoms. The first kappa shape index (κ1) is 13.9. The number of benzene rings is 2. The largest absolute Gasteiger partial charge is 0.495 e. The summed E-state index contributed by atoms with van der Waals surface area (Å²) in [7, 11) is 1.54. The second-order valence-corrected chi connectivity index (χ2v) is 5.74. The number of carbonyl (C=O) groups is 1. The lowest BCUT2D eigenvalue weighted by Gasteiger charge is -2.10. The fourth-order valence-electron chi connectivity index (χ4n) is 2.47. The lowest BCUT2D eigenvalue weighted by atomic mass is 9.99. The van der Waals surface area contributed by atoms with E-state index in [1.165, 1.54) is 0 Å². The summed E-state index contributed by atoms with van der Waals surface area (Å²) in [4.78, 5) is 12.7. The molecule has 3 rings (SSSR count). The first-order valence-electron chi connectivity index (χ1n) is 6.53. The van der Waals surface area contributed by atoms with Crippen LogP contribution in [0.25, 0.3) is 0 Å². The van der Waals surface area contributed by atoms with Crippen LogP contribution in [-0.4, -0.2) is 19.5 Å². The Bertz CT molecular complexity index is 728. The number of anilines is 1. The molecule has 4 nitrogen and oxygen atoms in total. The Kier molecular flexibility index (Phi) is 3.59. The zero-order valence-corrected chi connectivity index (χ0v) is 13.1. The highest BCUT2D eigenvalue weighted by atomic mass is 79.9. The van der Waals surface area contributed by atoms with Crippen LogP contribution in [0.4, 0.5) is 5.69 Å². The van der Waals surface area contributed by atoms with Crippen LogP contribution in [0.1, 0.15) is 21.5 Å². The van der Waals surface area contributed by atoms with Gasteiger partial charge in [0.05, 0.1) is 25.0 Å². The van der Waals surface area contributed by atoms with Crippen LogP contribution >= 0.6 is 15.9 Å². The number of fused-ring (bicyclic) bond motifs is 1. The minimum Gasteiger partial charge on any atom is -0.495 e. The van der Waals surface area contributed by atoms with Crippen LogP contribution in [0.15, 0.2) is 34.8 Å². The van der Waals surface area contributed by atoms with Crippen LogP contribution in [0.5, 0.6) is 11.5 Å². The molecule has 0 amide bonds. The monoisotopic (exact) mass is 347 g/mol. The van der Waals surface area contributed by atoms with Gasteiger partial charge in [0.1, 0.15) is 11.5 Å². The summed E-state index contributed by atoms with van der Waals surface area (Å²) in [5, 5.41) is 0.